The van der Waals surface area contributed by atoms with Crippen LogP contribution in [0.3, 0.4) is 0 Å². The van der Waals surface area contributed by atoms with Crippen LogP contribution in [0.25, 0.3) is 0 Å². The zero-order valence-electron chi connectivity index (χ0n) is 12.5. The van der Waals surface area contributed by atoms with Crippen molar-refractivity contribution in [2.24, 2.45) is 5.10 Å². The van der Waals surface area contributed by atoms with Crippen LogP contribution in [-0.4, -0.2) is 23.3 Å². The fraction of sp³-hybridized carbons (Fsp3) is 0.250. The van der Waals surface area contributed by atoms with E-state index in [1.807, 2.05) is 18.5 Å². The molecule has 22 heavy (non-hydrogen) atoms. The van der Waals surface area contributed by atoms with Crippen molar-refractivity contribution in [1.82, 2.24) is 9.99 Å². The van der Waals surface area contributed by atoms with Crippen molar-refractivity contribution in [3.8, 4) is 5.75 Å². The molecule has 1 aromatic carbocycles. The summed E-state index contributed by atoms with van der Waals surface area (Å²) in [7, 11) is 0. The maximum atomic E-state index is 11.6. The molecule has 0 aliphatic heterocycles. The summed E-state index contributed by atoms with van der Waals surface area (Å²) >= 11 is 5.77. The fourth-order valence-corrected chi connectivity index (χ4v) is 1.84. The minimum absolute atomic E-state index is 0.105. The molecule has 1 amide bonds. The van der Waals surface area contributed by atoms with Crippen molar-refractivity contribution in [3.05, 3.63) is 53.3 Å². The third-order valence-corrected chi connectivity index (χ3v) is 3.17. The number of hydrogen-bond acceptors (Lipinski definition) is 3. The number of hydrazone groups is 1. The van der Waals surface area contributed by atoms with Crippen molar-refractivity contribution in [3.63, 3.8) is 0 Å². The molecule has 1 heterocycles. The van der Waals surface area contributed by atoms with Gasteiger partial charge >= 0.3 is 0 Å². The second kappa shape index (κ2) is 7.66. The monoisotopic (exact) mass is 319 g/mol. The summed E-state index contributed by atoms with van der Waals surface area (Å²) in [5, 5.41) is 4.52. The molecule has 0 saturated carbocycles. The highest BCUT2D eigenvalue weighted by molar-refractivity contribution is 6.30. The Hall–Kier alpha value is -2.27. The standard InChI is InChI=1S/C16H18ClN3O2/c1-12(2)20-8-7-13(10-20)9-18-19-16(21)11-22-15-5-3-14(17)4-6-15/h3-10,12H,11H2,1-2H3,(H,19,21)/b18-9-. The van der Waals surface area contributed by atoms with Gasteiger partial charge in [-0.2, -0.15) is 5.10 Å². The lowest BCUT2D eigenvalue weighted by molar-refractivity contribution is -0.123. The highest BCUT2D eigenvalue weighted by Gasteiger charge is 2.02. The van der Waals surface area contributed by atoms with Gasteiger partial charge in [0.15, 0.2) is 6.61 Å². The number of carbonyl (C=O) groups is 1. The van der Waals surface area contributed by atoms with Crippen molar-refractivity contribution in [1.29, 1.82) is 0 Å². The number of carbonyl (C=O) groups excluding carboxylic acids is 1. The first kappa shape index (κ1) is 16.1. The number of hydrogen-bond donors (Lipinski definition) is 1. The molecule has 0 aliphatic rings. The van der Waals surface area contributed by atoms with Crippen LogP contribution in [0.5, 0.6) is 5.75 Å². The van der Waals surface area contributed by atoms with Crippen LogP contribution < -0.4 is 10.2 Å². The summed E-state index contributed by atoms with van der Waals surface area (Å²) in [5.74, 6) is 0.257. The first-order chi connectivity index (χ1) is 10.5. The Morgan fingerprint density at radius 1 is 1.36 bits per heavy atom. The number of halogens is 1. The Morgan fingerprint density at radius 3 is 2.73 bits per heavy atom. The van der Waals surface area contributed by atoms with Gasteiger partial charge in [-0.25, -0.2) is 5.43 Å². The number of nitrogens with one attached hydrogen (secondary N) is 1. The van der Waals surface area contributed by atoms with Gasteiger partial charge in [-0.1, -0.05) is 11.6 Å². The molecule has 6 heteroatoms. The zero-order chi connectivity index (χ0) is 15.9. The predicted octanol–water partition coefficient (Wildman–Crippen LogP) is 3.25. The van der Waals surface area contributed by atoms with Crippen molar-refractivity contribution >= 4 is 23.7 Å². The first-order valence-corrected chi connectivity index (χ1v) is 7.30. The molecule has 0 aliphatic carbocycles. The lowest BCUT2D eigenvalue weighted by Gasteiger charge is -2.05. The molecule has 1 aromatic heterocycles. The Kier molecular flexibility index (Phi) is 5.61. The van der Waals surface area contributed by atoms with Gasteiger partial charge in [0.2, 0.25) is 0 Å². The molecule has 0 unspecified atom stereocenters. The number of ether oxygens (including phenoxy) is 1. The van der Waals surface area contributed by atoms with Crippen LogP contribution in [0.1, 0.15) is 25.5 Å². The SMILES string of the molecule is CC(C)n1ccc(/C=N\NC(=O)COc2ccc(Cl)cc2)c1. The van der Waals surface area contributed by atoms with Crippen molar-refractivity contribution in [2.45, 2.75) is 19.9 Å². The van der Waals surface area contributed by atoms with Crippen molar-refractivity contribution in [2.75, 3.05) is 6.61 Å². The predicted molar refractivity (Wildman–Crippen MR) is 87.5 cm³/mol. The molecular weight excluding hydrogens is 302 g/mol. The zero-order valence-corrected chi connectivity index (χ0v) is 13.2. The molecule has 0 radical (unpaired) electrons. The summed E-state index contributed by atoms with van der Waals surface area (Å²) in [4.78, 5) is 11.6. The number of aromatic nitrogens is 1. The van der Waals surface area contributed by atoms with Gasteiger partial charge in [-0.3, -0.25) is 4.79 Å². The van der Waals surface area contributed by atoms with Gasteiger partial charge in [-0.05, 0) is 44.2 Å². The largest absolute Gasteiger partial charge is 0.484 e. The molecule has 116 valence electrons. The van der Waals surface area contributed by atoms with Gasteiger partial charge in [0, 0.05) is 29.0 Å². The molecule has 2 rings (SSSR count). The molecular formula is C16H18ClN3O2. The van der Waals surface area contributed by atoms with Gasteiger partial charge < -0.3 is 9.30 Å². The van der Waals surface area contributed by atoms with E-state index in [1.165, 1.54) is 0 Å². The normalized spacial score (nSPS) is 11.1. The third kappa shape index (κ3) is 4.93. The Bertz CT molecular complexity index is 648. The molecule has 2 aromatic rings. The van der Waals surface area contributed by atoms with E-state index in [0.717, 1.165) is 5.56 Å². The second-order valence-electron chi connectivity index (χ2n) is 5.02. The minimum atomic E-state index is -0.325. The number of amides is 1. The molecule has 1 N–H and O–H groups in total. The van der Waals surface area contributed by atoms with Crippen molar-refractivity contribution < 1.29 is 9.53 Å². The van der Waals surface area contributed by atoms with Crippen LogP contribution in [0.2, 0.25) is 5.02 Å². The topological polar surface area (TPSA) is 55.6 Å². The maximum Gasteiger partial charge on any atom is 0.277 e. The average Bonchev–Trinajstić information content (AvgIpc) is 2.96. The van der Waals surface area contributed by atoms with Gasteiger partial charge in [-0.15, -0.1) is 0 Å². The maximum absolute atomic E-state index is 11.6. The summed E-state index contributed by atoms with van der Waals surface area (Å²) in [6.45, 7) is 4.08. The highest BCUT2D eigenvalue weighted by atomic mass is 35.5. The molecule has 0 spiro atoms. The number of nitrogens with zero attached hydrogens (tertiary/aromatic N) is 2. The number of rotatable bonds is 6. The van der Waals surface area contributed by atoms with E-state index >= 15 is 0 Å². The van der Waals surface area contributed by atoms with Crippen LogP contribution in [0.4, 0.5) is 0 Å². The Labute approximate surface area is 134 Å². The molecule has 0 bridgehead atoms. The Morgan fingerprint density at radius 2 is 2.09 bits per heavy atom. The molecule has 0 atom stereocenters. The van der Waals surface area contributed by atoms with Gasteiger partial charge in [0.1, 0.15) is 5.75 Å². The summed E-state index contributed by atoms with van der Waals surface area (Å²) < 4.78 is 7.37. The lowest BCUT2D eigenvalue weighted by atomic mass is 10.3. The average molecular weight is 320 g/mol. The van der Waals surface area contributed by atoms with E-state index in [0.29, 0.717) is 16.8 Å². The lowest BCUT2D eigenvalue weighted by Crippen LogP contribution is -2.24. The Balaban J connectivity index is 1.77. The van der Waals surface area contributed by atoms with Crippen LogP contribution in [0, 0.1) is 0 Å². The van der Waals surface area contributed by atoms with E-state index in [-0.39, 0.29) is 12.5 Å². The van der Waals surface area contributed by atoms with E-state index in [9.17, 15) is 4.79 Å². The summed E-state index contributed by atoms with van der Waals surface area (Å²) in [5.41, 5.74) is 3.35. The minimum Gasteiger partial charge on any atom is -0.484 e. The third-order valence-electron chi connectivity index (χ3n) is 2.92. The van der Waals surface area contributed by atoms with Crippen LogP contribution in [0.15, 0.2) is 47.8 Å². The van der Waals surface area contributed by atoms with E-state index in [2.05, 4.69) is 28.9 Å². The van der Waals surface area contributed by atoms with Crippen LogP contribution in [-0.2, 0) is 4.79 Å². The highest BCUT2D eigenvalue weighted by Crippen LogP contribution is 2.15. The fourth-order valence-electron chi connectivity index (χ4n) is 1.72. The summed E-state index contributed by atoms with van der Waals surface area (Å²) in [6, 6.07) is 9.13. The van der Waals surface area contributed by atoms with E-state index in [1.54, 1.807) is 30.5 Å². The quantitative estimate of drug-likeness (QED) is 0.656. The van der Waals surface area contributed by atoms with Gasteiger partial charge in [0.25, 0.3) is 5.91 Å². The van der Waals surface area contributed by atoms with E-state index in [4.69, 9.17) is 16.3 Å². The van der Waals surface area contributed by atoms with Gasteiger partial charge in [0.05, 0.1) is 6.21 Å². The second-order valence-corrected chi connectivity index (χ2v) is 5.46. The summed E-state index contributed by atoms with van der Waals surface area (Å²) in [6.07, 6.45) is 5.53. The van der Waals surface area contributed by atoms with E-state index < -0.39 is 0 Å². The molecule has 5 nitrogen and oxygen atoms in total. The molecule has 0 saturated heterocycles. The number of benzene rings is 1. The first-order valence-electron chi connectivity index (χ1n) is 6.92. The molecule has 0 fully saturated rings. The van der Waals surface area contributed by atoms with Crippen LogP contribution >= 0.6 is 11.6 Å². The smallest absolute Gasteiger partial charge is 0.277 e.